The normalized spacial score (nSPS) is 15.0. The molecule has 3 aromatic rings. The lowest BCUT2D eigenvalue weighted by molar-refractivity contribution is 0.0404. The summed E-state index contributed by atoms with van der Waals surface area (Å²) >= 11 is 0. The third-order valence-electron chi connectivity index (χ3n) is 6.77. The fraction of sp³-hybridized carbons (Fsp3) is 0.321. The molecule has 3 aromatic carbocycles. The Labute approximate surface area is 219 Å². The van der Waals surface area contributed by atoms with Gasteiger partial charge in [-0.1, -0.05) is 12.1 Å². The zero-order valence-electron chi connectivity index (χ0n) is 21.4. The molecule has 0 saturated carbocycles. The third-order valence-corrected chi connectivity index (χ3v) is 6.77. The molecule has 1 saturated heterocycles. The molecule has 5 rings (SSSR count). The lowest BCUT2D eigenvalue weighted by Gasteiger charge is -2.32. The molecule has 2 aliphatic heterocycles. The van der Waals surface area contributed by atoms with Crippen LogP contribution >= 0.6 is 0 Å². The fourth-order valence-corrected chi connectivity index (χ4v) is 4.93. The van der Waals surface area contributed by atoms with Gasteiger partial charge in [0.2, 0.25) is 5.75 Å². The van der Waals surface area contributed by atoms with Crippen LogP contribution in [0.2, 0.25) is 0 Å². The number of ether oxygens (including phenoxy) is 5. The zero-order valence-corrected chi connectivity index (χ0v) is 21.4. The molecule has 0 aromatic heterocycles. The molecule has 0 aliphatic carbocycles. The Balaban J connectivity index is 1.34. The van der Waals surface area contributed by atoms with Crippen molar-refractivity contribution in [3.8, 4) is 17.2 Å². The van der Waals surface area contributed by atoms with Crippen LogP contribution in [0.4, 0.5) is 5.69 Å². The predicted octanol–water partition coefficient (Wildman–Crippen LogP) is 3.16. The van der Waals surface area contributed by atoms with Crippen LogP contribution in [0.25, 0.3) is 10.8 Å². The van der Waals surface area contributed by atoms with Crippen LogP contribution < -0.4 is 19.1 Å². The van der Waals surface area contributed by atoms with E-state index in [4.69, 9.17) is 23.7 Å². The molecule has 38 heavy (non-hydrogen) atoms. The number of carbonyl (C=O) groups excluding carboxylic acids is 3. The van der Waals surface area contributed by atoms with Gasteiger partial charge >= 0.3 is 5.97 Å². The maximum Gasteiger partial charge on any atom is 0.338 e. The van der Waals surface area contributed by atoms with Crippen molar-refractivity contribution in [3.63, 3.8) is 0 Å². The lowest BCUT2D eigenvalue weighted by Crippen LogP contribution is -2.42. The maximum atomic E-state index is 13.4. The third kappa shape index (κ3) is 4.37. The summed E-state index contributed by atoms with van der Waals surface area (Å²) in [5.41, 5.74) is 2.05. The van der Waals surface area contributed by atoms with E-state index in [0.29, 0.717) is 47.0 Å². The Hall–Kier alpha value is -4.31. The van der Waals surface area contributed by atoms with Crippen molar-refractivity contribution in [1.82, 2.24) is 4.90 Å². The number of esters is 1. The summed E-state index contributed by atoms with van der Waals surface area (Å²) < 4.78 is 26.7. The first-order valence-corrected chi connectivity index (χ1v) is 12.2. The summed E-state index contributed by atoms with van der Waals surface area (Å²) in [6, 6.07) is 12.1. The highest BCUT2D eigenvalue weighted by atomic mass is 16.5. The first-order valence-electron chi connectivity index (χ1n) is 12.2. The molecule has 10 heteroatoms. The van der Waals surface area contributed by atoms with E-state index in [1.807, 2.05) is 18.2 Å². The van der Waals surface area contributed by atoms with Crippen LogP contribution in [0.5, 0.6) is 17.2 Å². The highest BCUT2D eigenvalue weighted by molar-refractivity contribution is 6.26. The number of anilines is 1. The van der Waals surface area contributed by atoms with Gasteiger partial charge in [0.15, 0.2) is 11.5 Å². The van der Waals surface area contributed by atoms with Gasteiger partial charge in [0.05, 0.1) is 46.7 Å². The van der Waals surface area contributed by atoms with Gasteiger partial charge in [0.25, 0.3) is 11.8 Å². The molecule has 2 heterocycles. The Morgan fingerprint density at radius 2 is 1.55 bits per heavy atom. The van der Waals surface area contributed by atoms with E-state index in [1.54, 1.807) is 12.1 Å². The first-order chi connectivity index (χ1) is 18.5. The number of rotatable bonds is 8. The number of imide groups is 1. The molecule has 0 radical (unpaired) electrons. The summed E-state index contributed by atoms with van der Waals surface area (Å²) in [4.78, 5) is 42.8. The Morgan fingerprint density at radius 1 is 0.895 bits per heavy atom. The van der Waals surface area contributed by atoms with Crippen molar-refractivity contribution in [1.29, 1.82) is 0 Å². The van der Waals surface area contributed by atoms with Crippen LogP contribution in [0.3, 0.4) is 0 Å². The average molecular weight is 521 g/mol. The minimum atomic E-state index is -0.654. The van der Waals surface area contributed by atoms with Crippen molar-refractivity contribution >= 4 is 34.2 Å². The Bertz CT molecular complexity index is 1370. The number of benzene rings is 3. The van der Waals surface area contributed by atoms with Gasteiger partial charge in [-0.25, -0.2) is 4.79 Å². The topological polar surface area (TPSA) is 104 Å². The number of carbonyl (C=O) groups is 3. The van der Waals surface area contributed by atoms with E-state index in [0.717, 1.165) is 29.1 Å². The average Bonchev–Trinajstić information content (AvgIpc) is 2.96. The van der Waals surface area contributed by atoms with Crippen LogP contribution in [0.1, 0.15) is 31.1 Å². The summed E-state index contributed by atoms with van der Waals surface area (Å²) in [5.74, 6) is -0.533. The van der Waals surface area contributed by atoms with Crippen LogP contribution in [0, 0.1) is 0 Å². The van der Waals surface area contributed by atoms with Crippen LogP contribution in [-0.2, 0) is 9.47 Å². The minimum Gasteiger partial charge on any atom is -0.493 e. The molecule has 0 unspecified atom stereocenters. The fourth-order valence-electron chi connectivity index (χ4n) is 4.93. The van der Waals surface area contributed by atoms with Crippen molar-refractivity contribution in [2.45, 2.75) is 0 Å². The van der Waals surface area contributed by atoms with Crippen molar-refractivity contribution in [3.05, 3.63) is 59.2 Å². The Morgan fingerprint density at radius 3 is 2.18 bits per heavy atom. The number of methoxy groups -OCH3 is 3. The van der Waals surface area contributed by atoms with Gasteiger partial charge in [-0.3, -0.25) is 14.5 Å². The number of amides is 2. The van der Waals surface area contributed by atoms with Crippen molar-refractivity contribution < 1.29 is 38.1 Å². The molecular formula is C28H28N2O8. The minimum absolute atomic E-state index is 0.0884. The molecule has 2 aliphatic rings. The second-order valence-electron chi connectivity index (χ2n) is 8.77. The SMILES string of the molecule is COc1cc(C(=O)OCCN2C(=O)c3cccc4c(N5CCOCC5)ccc(c34)C2=O)cc(OC)c1OC. The number of hydrogen-bond donors (Lipinski definition) is 0. The van der Waals surface area contributed by atoms with E-state index in [-0.39, 0.29) is 18.7 Å². The number of morpholine rings is 1. The molecule has 10 nitrogen and oxygen atoms in total. The molecule has 2 amide bonds. The summed E-state index contributed by atoms with van der Waals surface area (Å²) in [6.45, 7) is 2.47. The van der Waals surface area contributed by atoms with Crippen molar-refractivity contribution in [2.24, 2.45) is 0 Å². The second kappa shape index (κ2) is 10.6. The van der Waals surface area contributed by atoms with Gasteiger partial charge in [0.1, 0.15) is 6.61 Å². The van der Waals surface area contributed by atoms with E-state index in [1.165, 1.54) is 33.5 Å². The van der Waals surface area contributed by atoms with Gasteiger partial charge in [-0.05, 0) is 30.3 Å². The molecule has 198 valence electrons. The van der Waals surface area contributed by atoms with E-state index < -0.39 is 17.8 Å². The largest absolute Gasteiger partial charge is 0.493 e. The van der Waals surface area contributed by atoms with E-state index >= 15 is 0 Å². The highest BCUT2D eigenvalue weighted by Crippen LogP contribution is 2.39. The first kappa shape index (κ1) is 25.3. The molecule has 1 fully saturated rings. The number of nitrogens with zero attached hydrogens (tertiary/aromatic N) is 2. The quantitative estimate of drug-likeness (QED) is 0.327. The molecule has 0 bridgehead atoms. The van der Waals surface area contributed by atoms with Crippen LogP contribution in [-0.4, -0.2) is 83.5 Å². The van der Waals surface area contributed by atoms with Gasteiger partial charge in [-0.15, -0.1) is 0 Å². The summed E-state index contributed by atoms with van der Waals surface area (Å²) in [5, 5.41) is 1.51. The van der Waals surface area contributed by atoms with E-state index in [2.05, 4.69) is 4.90 Å². The number of hydrogen-bond acceptors (Lipinski definition) is 9. The van der Waals surface area contributed by atoms with Crippen LogP contribution in [0.15, 0.2) is 42.5 Å². The summed E-state index contributed by atoms with van der Waals surface area (Å²) in [6.07, 6.45) is 0. The zero-order chi connectivity index (χ0) is 26.8. The molecular weight excluding hydrogens is 492 g/mol. The lowest BCUT2D eigenvalue weighted by atomic mass is 9.92. The van der Waals surface area contributed by atoms with Crippen molar-refractivity contribution in [2.75, 3.05) is 65.7 Å². The maximum absolute atomic E-state index is 13.4. The highest BCUT2D eigenvalue weighted by Gasteiger charge is 2.34. The standard InChI is InChI=1S/C28H28N2O8/c1-34-22-15-17(16-23(35-2)25(22)36-3)28(33)38-14-11-30-26(31)19-6-4-5-18-21(29-9-12-37-13-10-29)8-7-20(24(18)19)27(30)32/h4-8,15-16H,9-14H2,1-3H3. The molecule has 0 spiro atoms. The Kier molecular flexibility index (Phi) is 7.06. The smallest absolute Gasteiger partial charge is 0.338 e. The summed E-state index contributed by atoms with van der Waals surface area (Å²) in [7, 11) is 4.36. The van der Waals surface area contributed by atoms with E-state index in [9.17, 15) is 14.4 Å². The second-order valence-corrected chi connectivity index (χ2v) is 8.77. The van der Waals surface area contributed by atoms with Gasteiger partial charge in [-0.2, -0.15) is 0 Å². The monoisotopic (exact) mass is 520 g/mol. The van der Waals surface area contributed by atoms with Gasteiger partial charge < -0.3 is 28.6 Å². The predicted molar refractivity (Wildman–Crippen MR) is 139 cm³/mol. The molecule has 0 atom stereocenters. The molecule has 0 N–H and O–H groups in total. The van der Waals surface area contributed by atoms with Gasteiger partial charge in [0, 0.05) is 40.7 Å².